The molecule has 1 heterocycles. The number of rotatable bonds is 6. The minimum atomic E-state index is -1.08. The van der Waals surface area contributed by atoms with Gasteiger partial charge in [0.1, 0.15) is 0 Å². The van der Waals surface area contributed by atoms with E-state index < -0.39 is 24.1 Å². The summed E-state index contributed by atoms with van der Waals surface area (Å²) < 4.78 is 10.5. The van der Waals surface area contributed by atoms with Gasteiger partial charge in [0, 0.05) is 20.4 Å². The molecule has 130 valence electrons. The van der Waals surface area contributed by atoms with Gasteiger partial charge < -0.3 is 14.4 Å². The van der Waals surface area contributed by atoms with Crippen molar-refractivity contribution in [3.63, 3.8) is 0 Å². The normalized spacial score (nSPS) is 23.2. The fourth-order valence-corrected chi connectivity index (χ4v) is 3.07. The summed E-state index contributed by atoms with van der Waals surface area (Å²) in [6.07, 6.45) is -0.378. The molecule has 1 aliphatic heterocycles. The van der Waals surface area contributed by atoms with Crippen LogP contribution in [0.3, 0.4) is 0 Å². The third kappa shape index (κ3) is 4.13. The third-order valence-electron chi connectivity index (χ3n) is 3.98. The maximum Gasteiger partial charge on any atom is 0.303 e. The Morgan fingerprint density at radius 2 is 1.71 bits per heavy atom. The molecule has 0 bridgehead atoms. The summed E-state index contributed by atoms with van der Waals surface area (Å²) in [7, 11) is 0. The molecule has 3 atom stereocenters. The number of benzene rings is 1. The summed E-state index contributed by atoms with van der Waals surface area (Å²) in [6.45, 7) is 4.92. The predicted octanol–water partition coefficient (Wildman–Crippen LogP) is 2.06. The zero-order chi connectivity index (χ0) is 17.7. The SMILES string of the molecule is CCCC1[C@H](OC(C)=O)[C@@H](OC(C)=O)C(=O)N1Cc1ccccc1. The van der Waals surface area contributed by atoms with Gasteiger partial charge >= 0.3 is 11.9 Å². The molecule has 0 aliphatic carbocycles. The number of carbonyl (C=O) groups is 3. The smallest absolute Gasteiger partial charge is 0.303 e. The Morgan fingerprint density at radius 3 is 2.25 bits per heavy atom. The van der Waals surface area contributed by atoms with E-state index in [1.165, 1.54) is 13.8 Å². The van der Waals surface area contributed by atoms with Gasteiger partial charge in [-0.1, -0.05) is 43.7 Å². The Morgan fingerprint density at radius 1 is 1.08 bits per heavy atom. The van der Waals surface area contributed by atoms with Crippen LogP contribution in [0, 0.1) is 0 Å². The highest BCUT2D eigenvalue weighted by molar-refractivity contribution is 5.87. The molecule has 1 amide bonds. The summed E-state index contributed by atoms with van der Waals surface area (Å²) in [5, 5.41) is 0. The molecule has 6 nitrogen and oxygen atoms in total. The van der Waals surface area contributed by atoms with Crippen molar-refractivity contribution in [2.24, 2.45) is 0 Å². The largest absolute Gasteiger partial charge is 0.456 e. The van der Waals surface area contributed by atoms with Gasteiger partial charge in [-0.2, -0.15) is 0 Å². The molecule has 1 saturated heterocycles. The van der Waals surface area contributed by atoms with Crippen LogP contribution in [-0.2, 0) is 30.4 Å². The van der Waals surface area contributed by atoms with Gasteiger partial charge in [-0.05, 0) is 12.0 Å². The molecular weight excluding hydrogens is 310 g/mol. The zero-order valence-electron chi connectivity index (χ0n) is 14.2. The zero-order valence-corrected chi connectivity index (χ0v) is 14.2. The van der Waals surface area contributed by atoms with Crippen molar-refractivity contribution in [3.8, 4) is 0 Å². The summed E-state index contributed by atoms with van der Waals surface area (Å²) in [6, 6.07) is 9.25. The van der Waals surface area contributed by atoms with E-state index in [9.17, 15) is 14.4 Å². The maximum absolute atomic E-state index is 12.8. The Labute approximate surface area is 141 Å². The molecule has 1 fully saturated rings. The molecule has 1 unspecified atom stereocenters. The average molecular weight is 333 g/mol. The first-order chi connectivity index (χ1) is 11.4. The van der Waals surface area contributed by atoms with Gasteiger partial charge in [0.25, 0.3) is 5.91 Å². The van der Waals surface area contributed by atoms with Crippen LogP contribution < -0.4 is 0 Å². The van der Waals surface area contributed by atoms with Crippen molar-refractivity contribution in [2.75, 3.05) is 0 Å². The van der Waals surface area contributed by atoms with Crippen LogP contribution in [0.25, 0.3) is 0 Å². The van der Waals surface area contributed by atoms with E-state index in [1.54, 1.807) is 4.90 Å². The van der Waals surface area contributed by atoms with Crippen LogP contribution in [0.1, 0.15) is 39.2 Å². The predicted molar refractivity (Wildman–Crippen MR) is 86.8 cm³/mol. The van der Waals surface area contributed by atoms with Crippen LogP contribution in [0.5, 0.6) is 0 Å². The lowest BCUT2D eigenvalue weighted by Crippen LogP contribution is -2.39. The first-order valence-corrected chi connectivity index (χ1v) is 8.12. The minimum absolute atomic E-state index is 0.309. The summed E-state index contributed by atoms with van der Waals surface area (Å²) in [5.74, 6) is -1.38. The van der Waals surface area contributed by atoms with Gasteiger partial charge in [-0.3, -0.25) is 14.4 Å². The highest BCUT2D eigenvalue weighted by Crippen LogP contribution is 2.30. The molecule has 1 aromatic rings. The fourth-order valence-electron chi connectivity index (χ4n) is 3.07. The van der Waals surface area contributed by atoms with E-state index >= 15 is 0 Å². The van der Waals surface area contributed by atoms with Gasteiger partial charge in [0.15, 0.2) is 6.10 Å². The summed E-state index contributed by atoms with van der Waals surface area (Å²) in [5.41, 5.74) is 0.969. The highest BCUT2D eigenvalue weighted by atomic mass is 16.6. The minimum Gasteiger partial charge on any atom is -0.456 e. The number of hydrogen-bond donors (Lipinski definition) is 0. The molecule has 0 aromatic heterocycles. The van der Waals surface area contributed by atoms with Crippen LogP contribution in [0.2, 0.25) is 0 Å². The molecule has 1 aromatic carbocycles. The molecule has 0 N–H and O–H groups in total. The van der Waals surface area contributed by atoms with E-state index in [-0.39, 0.29) is 11.9 Å². The Hall–Kier alpha value is -2.37. The first-order valence-electron chi connectivity index (χ1n) is 8.12. The van der Waals surface area contributed by atoms with E-state index in [0.717, 1.165) is 12.0 Å². The lowest BCUT2D eigenvalue weighted by molar-refractivity contribution is -0.166. The number of hydrogen-bond acceptors (Lipinski definition) is 5. The third-order valence-corrected chi connectivity index (χ3v) is 3.98. The second-order valence-electron chi connectivity index (χ2n) is 5.91. The van der Waals surface area contributed by atoms with Crippen molar-refractivity contribution >= 4 is 17.8 Å². The van der Waals surface area contributed by atoms with Crippen LogP contribution >= 0.6 is 0 Å². The number of amides is 1. The van der Waals surface area contributed by atoms with Gasteiger partial charge in [-0.15, -0.1) is 0 Å². The Bertz CT molecular complexity index is 601. The molecule has 0 spiro atoms. The lowest BCUT2D eigenvalue weighted by Gasteiger charge is -2.27. The van der Waals surface area contributed by atoms with Crippen LogP contribution in [-0.4, -0.2) is 41.0 Å². The average Bonchev–Trinajstić information content (AvgIpc) is 2.74. The van der Waals surface area contributed by atoms with Gasteiger partial charge in [-0.25, -0.2) is 0 Å². The maximum atomic E-state index is 12.8. The quantitative estimate of drug-likeness (QED) is 0.745. The van der Waals surface area contributed by atoms with Crippen molar-refractivity contribution in [2.45, 2.75) is 58.4 Å². The first kappa shape index (κ1) is 18.0. The number of nitrogens with zero attached hydrogens (tertiary/aromatic N) is 1. The Balaban J connectivity index is 2.30. The standard InChI is InChI=1S/C18H23NO5/c1-4-8-15-16(23-12(2)20)17(24-13(3)21)18(22)19(15)11-14-9-6-5-7-10-14/h5-7,9-10,15-17H,4,8,11H2,1-3H3/t15?,16-,17+/m0/s1. The lowest BCUT2D eigenvalue weighted by atomic mass is 10.0. The second-order valence-corrected chi connectivity index (χ2v) is 5.91. The highest BCUT2D eigenvalue weighted by Gasteiger charge is 2.51. The van der Waals surface area contributed by atoms with Gasteiger partial charge in [0.05, 0.1) is 6.04 Å². The summed E-state index contributed by atoms with van der Waals surface area (Å²) in [4.78, 5) is 37.3. The number of likely N-dealkylation sites (tertiary alicyclic amines) is 1. The van der Waals surface area contributed by atoms with E-state index in [0.29, 0.717) is 13.0 Å². The van der Waals surface area contributed by atoms with Crippen molar-refractivity contribution in [1.29, 1.82) is 0 Å². The number of esters is 2. The van der Waals surface area contributed by atoms with Crippen molar-refractivity contribution < 1.29 is 23.9 Å². The molecular formula is C18H23NO5. The fraction of sp³-hybridized carbons (Fsp3) is 0.500. The van der Waals surface area contributed by atoms with E-state index in [4.69, 9.17) is 9.47 Å². The molecule has 2 rings (SSSR count). The molecule has 0 radical (unpaired) electrons. The van der Waals surface area contributed by atoms with Crippen molar-refractivity contribution in [3.05, 3.63) is 35.9 Å². The summed E-state index contributed by atoms with van der Waals surface area (Å²) >= 11 is 0. The molecule has 0 saturated carbocycles. The molecule has 1 aliphatic rings. The molecule has 6 heteroatoms. The van der Waals surface area contributed by atoms with Crippen LogP contribution in [0.15, 0.2) is 30.3 Å². The van der Waals surface area contributed by atoms with Gasteiger partial charge in [0.2, 0.25) is 6.10 Å². The number of ether oxygens (including phenoxy) is 2. The molecule has 24 heavy (non-hydrogen) atoms. The van der Waals surface area contributed by atoms with Crippen LogP contribution in [0.4, 0.5) is 0 Å². The monoisotopic (exact) mass is 333 g/mol. The number of carbonyl (C=O) groups excluding carboxylic acids is 3. The Kier molecular flexibility index (Phi) is 5.95. The second kappa shape index (κ2) is 7.95. The van der Waals surface area contributed by atoms with E-state index in [1.807, 2.05) is 37.3 Å². The topological polar surface area (TPSA) is 72.9 Å². The van der Waals surface area contributed by atoms with Crippen molar-refractivity contribution in [1.82, 2.24) is 4.90 Å². The van der Waals surface area contributed by atoms with E-state index in [2.05, 4.69) is 0 Å².